The molecule has 0 saturated carbocycles. The first-order valence-corrected chi connectivity index (χ1v) is 5.19. The molecule has 0 atom stereocenters. The first-order chi connectivity index (χ1) is 8.81. The fourth-order valence-electron chi connectivity index (χ4n) is 1.34. The van der Waals surface area contributed by atoms with Crippen molar-refractivity contribution in [2.45, 2.75) is 0 Å². The fraction of sp³-hybridized carbons (Fsp3) is 0. The molecule has 0 aliphatic rings. The zero-order valence-electron chi connectivity index (χ0n) is 9.38. The molecule has 0 aliphatic carbocycles. The summed E-state index contributed by atoms with van der Waals surface area (Å²) in [6.45, 7) is 0. The summed E-state index contributed by atoms with van der Waals surface area (Å²) in [4.78, 5) is 3.93. The molecule has 0 aliphatic heterocycles. The van der Waals surface area contributed by atoms with E-state index in [1.165, 1.54) is 6.20 Å². The smallest absolute Gasteiger partial charge is 0.101 e. The SMILES string of the molecule is N#Cc1ccc(C#Cc2cncc(C#N)c2)cc1. The van der Waals surface area contributed by atoms with E-state index in [1.807, 2.05) is 12.1 Å². The van der Waals surface area contributed by atoms with Gasteiger partial charge in [-0.15, -0.1) is 0 Å². The lowest BCUT2D eigenvalue weighted by molar-refractivity contribution is 1.29. The molecule has 3 nitrogen and oxygen atoms in total. The molecule has 0 saturated heterocycles. The van der Waals surface area contributed by atoms with E-state index in [9.17, 15) is 0 Å². The Morgan fingerprint density at radius 2 is 1.28 bits per heavy atom. The van der Waals surface area contributed by atoms with Crippen LogP contribution < -0.4 is 0 Å². The lowest BCUT2D eigenvalue weighted by Crippen LogP contribution is -1.82. The second-order valence-electron chi connectivity index (χ2n) is 3.51. The molecule has 1 heterocycles. The van der Waals surface area contributed by atoms with Gasteiger partial charge in [-0.25, -0.2) is 0 Å². The molecule has 0 fully saturated rings. The largest absolute Gasteiger partial charge is 0.262 e. The molecular weight excluding hydrogens is 222 g/mol. The normalized spacial score (nSPS) is 8.56. The van der Waals surface area contributed by atoms with Crippen LogP contribution >= 0.6 is 0 Å². The zero-order chi connectivity index (χ0) is 12.8. The first kappa shape index (κ1) is 11.4. The highest BCUT2D eigenvalue weighted by Crippen LogP contribution is 2.03. The summed E-state index contributed by atoms with van der Waals surface area (Å²) >= 11 is 0. The number of hydrogen-bond acceptors (Lipinski definition) is 3. The Hall–Kier alpha value is -3.09. The summed E-state index contributed by atoms with van der Waals surface area (Å²) in [6.07, 6.45) is 3.10. The van der Waals surface area contributed by atoms with Crippen molar-refractivity contribution >= 4 is 0 Å². The van der Waals surface area contributed by atoms with E-state index in [4.69, 9.17) is 10.5 Å². The van der Waals surface area contributed by atoms with Crippen molar-refractivity contribution < 1.29 is 0 Å². The van der Waals surface area contributed by atoms with Crippen LogP contribution in [0.4, 0.5) is 0 Å². The Morgan fingerprint density at radius 3 is 1.94 bits per heavy atom. The molecule has 82 valence electrons. The van der Waals surface area contributed by atoms with Crippen molar-refractivity contribution in [3.05, 3.63) is 65.0 Å². The third-order valence-corrected chi connectivity index (χ3v) is 2.23. The monoisotopic (exact) mass is 229 g/mol. The molecule has 1 aromatic heterocycles. The number of nitriles is 2. The highest BCUT2D eigenvalue weighted by Gasteiger charge is 1.92. The van der Waals surface area contributed by atoms with Gasteiger partial charge in [-0.3, -0.25) is 4.98 Å². The number of nitrogens with zero attached hydrogens (tertiary/aromatic N) is 3. The molecule has 0 bridgehead atoms. The molecular formula is C15H7N3. The van der Waals surface area contributed by atoms with E-state index in [0.29, 0.717) is 16.7 Å². The predicted molar refractivity (Wildman–Crippen MR) is 66.1 cm³/mol. The van der Waals surface area contributed by atoms with Gasteiger partial charge in [0.1, 0.15) is 6.07 Å². The number of aromatic nitrogens is 1. The maximum Gasteiger partial charge on any atom is 0.101 e. The van der Waals surface area contributed by atoms with Gasteiger partial charge in [0.05, 0.1) is 17.2 Å². The van der Waals surface area contributed by atoms with E-state index in [0.717, 1.165) is 5.56 Å². The van der Waals surface area contributed by atoms with E-state index >= 15 is 0 Å². The topological polar surface area (TPSA) is 60.5 Å². The third-order valence-electron chi connectivity index (χ3n) is 2.23. The van der Waals surface area contributed by atoms with Gasteiger partial charge in [0.15, 0.2) is 0 Å². The fourth-order valence-corrected chi connectivity index (χ4v) is 1.34. The van der Waals surface area contributed by atoms with Crippen molar-refractivity contribution in [3.8, 4) is 24.0 Å². The summed E-state index contributed by atoms with van der Waals surface area (Å²) in [5.74, 6) is 5.88. The van der Waals surface area contributed by atoms with Crippen LogP contribution in [0.25, 0.3) is 0 Å². The molecule has 1 aromatic carbocycles. The van der Waals surface area contributed by atoms with Gasteiger partial charge >= 0.3 is 0 Å². The quantitative estimate of drug-likeness (QED) is 0.651. The molecule has 18 heavy (non-hydrogen) atoms. The Bertz CT molecular complexity index is 704. The molecule has 3 heteroatoms. The van der Waals surface area contributed by atoms with Crippen LogP contribution in [0.3, 0.4) is 0 Å². The highest BCUT2D eigenvalue weighted by atomic mass is 14.6. The Labute approximate surface area is 105 Å². The van der Waals surface area contributed by atoms with Crippen LogP contribution in [0.5, 0.6) is 0 Å². The van der Waals surface area contributed by atoms with Crippen LogP contribution in [-0.2, 0) is 0 Å². The van der Waals surface area contributed by atoms with Crippen molar-refractivity contribution in [2.75, 3.05) is 0 Å². The minimum absolute atomic E-state index is 0.488. The van der Waals surface area contributed by atoms with E-state index in [2.05, 4.69) is 16.8 Å². The summed E-state index contributed by atoms with van der Waals surface area (Å²) in [7, 11) is 0. The predicted octanol–water partition coefficient (Wildman–Crippen LogP) is 2.22. The van der Waals surface area contributed by atoms with Crippen LogP contribution in [0.1, 0.15) is 22.3 Å². The minimum atomic E-state index is 0.488. The van der Waals surface area contributed by atoms with Crippen LogP contribution in [-0.4, -0.2) is 4.98 Å². The lowest BCUT2D eigenvalue weighted by atomic mass is 10.1. The Balaban J connectivity index is 2.26. The summed E-state index contributed by atoms with van der Waals surface area (Å²) < 4.78 is 0. The number of pyridine rings is 1. The maximum absolute atomic E-state index is 8.74. The molecule has 0 spiro atoms. The summed E-state index contributed by atoms with van der Waals surface area (Å²) in [5, 5.41) is 17.4. The van der Waals surface area contributed by atoms with Crippen LogP contribution in [0.15, 0.2) is 42.7 Å². The molecule has 2 rings (SSSR count). The molecule has 0 radical (unpaired) electrons. The second-order valence-corrected chi connectivity index (χ2v) is 3.51. The van der Waals surface area contributed by atoms with Crippen molar-refractivity contribution in [3.63, 3.8) is 0 Å². The number of benzene rings is 1. The summed E-state index contributed by atoms with van der Waals surface area (Å²) in [6, 6.07) is 12.7. The molecule has 2 aromatic rings. The van der Waals surface area contributed by atoms with E-state index in [-0.39, 0.29) is 0 Å². The van der Waals surface area contributed by atoms with Gasteiger partial charge < -0.3 is 0 Å². The minimum Gasteiger partial charge on any atom is -0.262 e. The van der Waals surface area contributed by atoms with Gasteiger partial charge in [0.25, 0.3) is 0 Å². The summed E-state index contributed by atoms with van der Waals surface area (Å²) in [5.41, 5.74) is 2.60. The van der Waals surface area contributed by atoms with Crippen molar-refractivity contribution in [2.24, 2.45) is 0 Å². The highest BCUT2D eigenvalue weighted by molar-refractivity contribution is 5.45. The first-order valence-electron chi connectivity index (χ1n) is 5.19. The Morgan fingerprint density at radius 1 is 0.722 bits per heavy atom. The van der Waals surface area contributed by atoms with Gasteiger partial charge in [-0.1, -0.05) is 11.8 Å². The van der Waals surface area contributed by atoms with Gasteiger partial charge in [-0.05, 0) is 30.3 Å². The average molecular weight is 229 g/mol. The van der Waals surface area contributed by atoms with E-state index < -0.39 is 0 Å². The zero-order valence-corrected chi connectivity index (χ0v) is 9.38. The number of hydrogen-bond donors (Lipinski definition) is 0. The standard InChI is InChI=1S/C15H7N3/c16-8-13-4-1-12(2-5-13)3-6-14-7-15(9-17)11-18-10-14/h1-2,4-5,7,10-11H. The van der Waals surface area contributed by atoms with Crippen LogP contribution in [0.2, 0.25) is 0 Å². The number of rotatable bonds is 0. The van der Waals surface area contributed by atoms with Gasteiger partial charge in [0.2, 0.25) is 0 Å². The third kappa shape index (κ3) is 2.73. The Kier molecular flexibility index (Phi) is 3.36. The average Bonchev–Trinajstić information content (AvgIpc) is 2.46. The maximum atomic E-state index is 8.74. The van der Waals surface area contributed by atoms with Gasteiger partial charge in [-0.2, -0.15) is 10.5 Å². The van der Waals surface area contributed by atoms with Gasteiger partial charge in [0, 0.05) is 23.5 Å². The molecule has 0 unspecified atom stereocenters. The van der Waals surface area contributed by atoms with E-state index in [1.54, 1.807) is 36.5 Å². The van der Waals surface area contributed by atoms with Crippen molar-refractivity contribution in [1.29, 1.82) is 10.5 Å². The van der Waals surface area contributed by atoms with Crippen LogP contribution in [0, 0.1) is 34.5 Å². The molecule has 0 amide bonds. The lowest BCUT2D eigenvalue weighted by Gasteiger charge is -1.91. The molecule has 0 N–H and O–H groups in total. The second kappa shape index (κ2) is 5.30. The van der Waals surface area contributed by atoms with Crippen molar-refractivity contribution in [1.82, 2.24) is 4.98 Å².